The lowest BCUT2D eigenvalue weighted by molar-refractivity contribution is -0.144. The number of rotatable bonds is 5. The zero-order valence-electron chi connectivity index (χ0n) is 20.4. The van der Waals surface area contributed by atoms with Crippen LogP contribution < -0.4 is 16.0 Å². The fourth-order valence-corrected chi connectivity index (χ4v) is 8.59. The monoisotopic (exact) mass is 524 g/mol. The molecule has 0 aromatic heterocycles. The Kier molecular flexibility index (Phi) is 7.38. The van der Waals surface area contributed by atoms with Gasteiger partial charge in [-0.05, 0) is 56.5 Å². The molecular weight excluding hydrogens is 492 g/mol. The third kappa shape index (κ3) is 4.55. The van der Waals surface area contributed by atoms with Crippen molar-refractivity contribution in [2.45, 2.75) is 66.5 Å². The van der Waals surface area contributed by atoms with Crippen LogP contribution in [-0.2, 0) is 14.4 Å². The molecule has 1 aliphatic carbocycles. The van der Waals surface area contributed by atoms with Crippen LogP contribution in [0.25, 0.3) is 0 Å². The van der Waals surface area contributed by atoms with Crippen LogP contribution in [-0.4, -0.2) is 64.7 Å². The average molecular weight is 525 g/mol. The molecule has 7 nitrogen and oxygen atoms in total. The van der Waals surface area contributed by atoms with Crippen molar-refractivity contribution in [3.05, 3.63) is 42.0 Å². The second kappa shape index (κ2) is 10.5. The molecule has 0 radical (unpaired) electrons. The van der Waals surface area contributed by atoms with E-state index in [9.17, 15) is 14.4 Å². The van der Waals surface area contributed by atoms with Gasteiger partial charge in [0.15, 0.2) is 0 Å². The van der Waals surface area contributed by atoms with E-state index in [0.29, 0.717) is 6.42 Å². The predicted molar refractivity (Wildman–Crippen MR) is 143 cm³/mol. The molecule has 1 spiro atoms. The molecule has 1 aromatic carbocycles. The van der Waals surface area contributed by atoms with Gasteiger partial charge in [-0.25, -0.2) is 0 Å². The van der Waals surface area contributed by atoms with Crippen molar-refractivity contribution in [1.82, 2.24) is 20.9 Å². The third-order valence-corrected chi connectivity index (χ3v) is 10.2. The highest BCUT2D eigenvalue weighted by Gasteiger charge is 2.58. The minimum absolute atomic E-state index is 0.0716. The second-order valence-electron chi connectivity index (χ2n) is 9.89. The van der Waals surface area contributed by atoms with E-state index in [4.69, 9.17) is 6.42 Å². The maximum atomic E-state index is 14.1. The lowest BCUT2D eigenvalue weighted by Gasteiger charge is -2.37. The summed E-state index contributed by atoms with van der Waals surface area (Å²) in [6.07, 6.45) is 13.4. The van der Waals surface area contributed by atoms with Gasteiger partial charge in [0, 0.05) is 16.1 Å². The first-order chi connectivity index (χ1) is 17.5. The highest BCUT2D eigenvalue weighted by Crippen LogP contribution is 2.53. The molecule has 2 saturated heterocycles. The minimum atomic E-state index is -0.809. The molecule has 1 unspecified atom stereocenters. The molecule has 5 atom stereocenters. The number of nitrogens with zero attached hydrogens (tertiary/aromatic N) is 1. The van der Waals surface area contributed by atoms with E-state index in [-0.39, 0.29) is 28.6 Å². The van der Waals surface area contributed by atoms with Crippen molar-refractivity contribution >= 4 is 41.2 Å². The number of fused-ring (bicyclic) bond motifs is 2. The number of hydrogen-bond acceptors (Lipinski definition) is 6. The van der Waals surface area contributed by atoms with Gasteiger partial charge in [0.05, 0.1) is 11.4 Å². The molecule has 3 heterocycles. The smallest absolute Gasteiger partial charge is 0.250 e. The van der Waals surface area contributed by atoms with Gasteiger partial charge in [-0.3, -0.25) is 19.7 Å². The SMILES string of the molecule is C#C[C@H](NC)C(=O)N[C@H]1CCSC2CC3(CC=CC3)[C@@H](C(=O)N[C@@H]3CCSc4ccccc43)N2C1=O. The Balaban J connectivity index is 1.42. The highest BCUT2D eigenvalue weighted by atomic mass is 32.2. The number of likely N-dealkylation sites (N-methyl/N-ethyl adjacent to an activating group) is 1. The van der Waals surface area contributed by atoms with Crippen molar-refractivity contribution in [2.75, 3.05) is 18.6 Å². The van der Waals surface area contributed by atoms with Crippen LogP contribution in [0.4, 0.5) is 0 Å². The summed E-state index contributed by atoms with van der Waals surface area (Å²) in [4.78, 5) is 43.7. The Morgan fingerprint density at radius 1 is 1.14 bits per heavy atom. The van der Waals surface area contributed by atoms with Crippen LogP contribution in [0.2, 0.25) is 0 Å². The molecular formula is C27H32N4O3S2. The Bertz CT molecular complexity index is 1110. The van der Waals surface area contributed by atoms with Crippen LogP contribution in [0.3, 0.4) is 0 Å². The van der Waals surface area contributed by atoms with Gasteiger partial charge in [0.25, 0.3) is 0 Å². The Labute approximate surface area is 221 Å². The van der Waals surface area contributed by atoms with Crippen molar-refractivity contribution in [3.8, 4) is 12.3 Å². The fourth-order valence-electron chi connectivity index (χ4n) is 5.99. The summed E-state index contributed by atoms with van der Waals surface area (Å²) < 4.78 is 0. The van der Waals surface area contributed by atoms with Gasteiger partial charge in [-0.15, -0.1) is 29.9 Å². The molecule has 3 N–H and O–H groups in total. The number of carbonyl (C=O) groups is 3. The summed E-state index contributed by atoms with van der Waals surface area (Å²) in [5.41, 5.74) is 0.836. The third-order valence-electron chi connectivity index (χ3n) is 7.79. The molecule has 9 heteroatoms. The van der Waals surface area contributed by atoms with Crippen LogP contribution in [0.5, 0.6) is 0 Å². The number of nitrogens with one attached hydrogen (secondary N) is 3. The van der Waals surface area contributed by atoms with Crippen molar-refractivity contribution < 1.29 is 14.4 Å². The van der Waals surface area contributed by atoms with E-state index in [1.165, 1.54) is 4.90 Å². The number of allylic oxidation sites excluding steroid dienone is 2. The molecule has 0 saturated carbocycles. The van der Waals surface area contributed by atoms with E-state index in [1.54, 1.807) is 23.7 Å². The minimum Gasteiger partial charge on any atom is -0.347 e. The fraction of sp³-hybridized carbons (Fsp3) is 0.519. The van der Waals surface area contributed by atoms with Crippen LogP contribution in [0.1, 0.15) is 43.7 Å². The molecule has 5 rings (SSSR count). The largest absolute Gasteiger partial charge is 0.347 e. The van der Waals surface area contributed by atoms with Crippen molar-refractivity contribution in [3.63, 3.8) is 0 Å². The van der Waals surface area contributed by atoms with E-state index < -0.39 is 24.0 Å². The summed E-state index contributed by atoms with van der Waals surface area (Å²) in [6, 6.07) is 6.05. The zero-order chi connectivity index (χ0) is 25.3. The Morgan fingerprint density at radius 2 is 1.89 bits per heavy atom. The number of carbonyl (C=O) groups excluding carboxylic acids is 3. The summed E-state index contributed by atoms with van der Waals surface area (Å²) >= 11 is 3.53. The molecule has 190 valence electrons. The first-order valence-corrected chi connectivity index (χ1v) is 14.6. The topological polar surface area (TPSA) is 90.5 Å². The van der Waals surface area contributed by atoms with E-state index in [1.807, 2.05) is 23.9 Å². The maximum Gasteiger partial charge on any atom is 0.250 e. The molecule has 0 bridgehead atoms. The van der Waals surface area contributed by atoms with Gasteiger partial charge in [-0.1, -0.05) is 36.3 Å². The second-order valence-corrected chi connectivity index (χ2v) is 12.3. The molecule has 36 heavy (non-hydrogen) atoms. The number of thioether (sulfide) groups is 2. The molecule has 4 aliphatic rings. The van der Waals surface area contributed by atoms with Crippen LogP contribution in [0, 0.1) is 17.8 Å². The van der Waals surface area contributed by atoms with E-state index in [2.05, 4.69) is 46.2 Å². The molecule has 3 aliphatic heterocycles. The predicted octanol–water partition coefficient (Wildman–Crippen LogP) is 2.45. The first-order valence-electron chi connectivity index (χ1n) is 12.5. The number of hydrogen-bond donors (Lipinski definition) is 3. The van der Waals surface area contributed by atoms with E-state index in [0.717, 1.165) is 42.8 Å². The van der Waals surface area contributed by atoms with Gasteiger partial charge >= 0.3 is 0 Å². The van der Waals surface area contributed by atoms with Gasteiger partial charge in [0.2, 0.25) is 17.7 Å². The number of terminal acetylenes is 1. The van der Waals surface area contributed by atoms with Gasteiger partial charge < -0.3 is 15.5 Å². The molecule has 1 aromatic rings. The summed E-state index contributed by atoms with van der Waals surface area (Å²) in [7, 11) is 1.62. The maximum absolute atomic E-state index is 14.1. The van der Waals surface area contributed by atoms with Crippen molar-refractivity contribution in [1.29, 1.82) is 0 Å². The van der Waals surface area contributed by atoms with Crippen LogP contribution in [0.15, 0.2) is 41.3 Å². The van der Waals surface area contributed by atoms with Crippen molar-refractivity contribution in [2.24, 2.45) is 5.41 Å². The lowest BCUT2D eigenvalue weighted by atomic mass is 9.77. The zero-order valence-corrected chi connectivity index (χ0v) is 22.0. The summed E-state index contributed by atoms with van der Waals surface area (Å²) in [6.45, 7) is 0. The quantitative estimate of drug-likeness (QED) is 0.405. The first kappa shape index (κ1) is 25.2. The summed E-state index contributed by atoms with van der Waals surface area (Å²) in [5.74, 6) is 3.41. The average Bonchev–Trinajstić information content (AvgIpc) is 3.44. The highest BCUT2D eigenvalue weighted by molar-refractivity contribution is 8.00. The number of amides is 3. The Hall–Kier alpha value is -2.41. The van der Waals surface area contributed by atoms with Gasteiger partial charge in [0.1, 0.15) is 18.1 Å². The lowest BCUT2D eigenvalue weighted by Crippen LogP contribution is -2.58. The van der Waals surface area contributed by atoms with E-state index >= 15 is 0 Å². The summed E-state index contributed by atoms with van der Waals surface area (Å²) in [5, 5.41) is 8.88. The Morgan fingerprint density at radius 3 is 2.64 bits per heavy atom. The molecule has 2 fully saturated rings. The molecule has 3 amide bonds. The van der Waals surface area contributed by atoms with Crippen LogP contribution >= 0.6 is 23.5 Å². The van der Waals surface area contributed by atoms with Gasteiger partial charge in [-0.2, -0.15) is 0 Å². The normalized spacial score (nSPS) is 29.1. The number of benzene rings is 1. The standard InChI is InChI=1S/C27H32N4O3S2/c1-3-18(28-2)24(32)30-20-11-15-36-22-16-27(12-6-7-13-27)23(31(22)26(20)34)25(33)29-19-10-14-35-21-9-5-4-8-17(19)21/h1,4-9,18-20,22-23,28H,10-16H2,2H3,(H,29,33)(H,30,32)/t18-,19+,20-,22?,23+/m0/s1.